The first-order valence-electron chi connectivity index (χ1n) is 5.80. The average Bonchev–Trinajstić information content (AvgIpc) is 2.97. The molecule has 0 heterocycles. The molecule has 0 spiro atoms. The van der Waals surface area contributed by atoms with Crippen LogP contribution in [0, 0.1) is 11.8 Å². The third-order valence-electron chi connectivity index (χ3n) is 3.41. The number of nitrogen functional groups attached to an aromatic ring is 1. The summed E-state index contributed by atoms with van der Waals surface area (Å²) in [5.74, 6) is 1.33. The Morgan fingerprint density at radius 1 is 1.59 bits per heavy atom. The van der Waals surface area contributed by atoms with Gasteiger partial charge in [-0.3, -0.25) is 4.79 Å². The lowest BCUT2D eigenvalue weighted by Crippen LogP contribution is -2.29. The van der Waals surface area contributed by atoms with Crippen LogP contribution in [0.3, 0.4) is 0 Å². The van der Waals surface area contributed by atoms with Gasteiger partial charge in [0.1, 0.15) is 0 Å². The molecule has 1 amide bonds. The number of hydrogen-bond acceptors (Lipinski definition) is 2. The van der Waals surface area contributed by atoms with Gasteiger partial charge in [-0.25, -0.2) is 0 Å². The number of anilines is 1. The quantitative estimate of drug-likeness (QED) is 0.841. The van der Waals surface area contributed by atoms with E-state index >= 15 is 0 Å². The molecule has 0 bridgehead atoms. The van der Waals surface area contributed by atoms with Crippen LogP contribution >= 0.6 is 11.6 Å². The molecule has 1 aliphatic carbocycles. The van der Waals surface area contributed by atoms with Gasteiger partial charge in [0.2, 0.25) is 0 Å². The monoisotopic (exact) mass is 252 g/mol. The van der Waals surface area contributed by atoms with Gasteiger partial charge in [0.05, 0.1) is 16.3 Å². The third-order valence-corrected chi connectivity index (χ3v) is 3.74. The fourth-order valence-electron chi connectivity index (χ4n) is 2.02. The molecular weight excluding hydrogens is 236 g/mol. The molecule has 0 radical (unpaired) electrons. The van der Waals surface area contributed by atoms with E-state index < -0.39 is 0 Å². The van der Waals surface area contributed by atoms with Crippen LogP contribution in [-0.4, -0.2) is 24.4 Å². The average molecular weight is 253 g/mol. The van der Waals surface area contributed by atoms with Crippen LogP contribution in [0.15, 0.2) is 18.2 Å². The van der Waals surface area contributed by atoms with Crippen LogP contribution in [0.4, 0.5) is 5.69 Å². The molecule has 1 aliphatic rings. The zero-order chi connectivity index (χ0) is 12.6. The van der Waals surface area contributed by atoms with Crippen LogP contribution in [0.25, 0.3) is 0 Å². The van der Waals surface area contributed by atoms with Crippen molar-refractivity contribution < 1.29 is 4.79 Å². The van der Waals surface area contributed by atoms with E-state index in [0.29, 0.717) is 22.2 Å². The van der Waals surface area contributed by atoms with Crippen molar-refractivity contribution in [2.24, 2.45) is 11.8 Å². The summed E-state index contributed by atoms with van der Waals surface area (Å²) in [7, 11) is 1.81. The molecule has 1 saturated carbocycles. The first kappa shape index (κ1) is 12.2. The largest absolute Gasteiger partial charge is 0.397 e. The van der Waals surface area contributed by atoms with Gasteiger partial charge in [-0.1, -0.05) is 24.6 Å². The maximum absolute atomic E-state index is 12.2. The maximum atomic E-state index is 12.2. The molecule has 0 aromatic heterocycles. The highest BCUT2D eigenvalue weighted by Gasteiger charge is 2.34. The van der Waals surface area contributed by atoms with E-state index in [1.807, 2.05) is 7.05 Å². The second-order valence-corrected chi connectivity index (χ2v) is 5.27. The SMILES string of the molecule is CC1CC1CN(C)C(=O)c1cccc(Cl)c1N. The van der Waals surface area contributed by atoms with Gasteiger partial charge in [0.15, 0.2) is 0 Å². The number of nitrogens with zero attached hydrogens (tertiary/aromatic N) is 1. The number of benzene rings is 1. The summed E-state index contributed by atoms with van der Waals surface area (Å²) in [5.41, 5.74) is 6.68. The van der Waals surface area contributed by atoms with Crippen molar-refractivity contribution in [2.75, 3.05) is 19.3 Å². The van der Waals surface area contributed by atoms with E-state index in [1.165, 1.54) is 6.42 Å². The minimum Gasteiger partial charge on any atom is -0.397 e. The lowest BCUT2D eigenvalue weighted by molar-refractivity contribution is 0.0788. The predicted molar refractivity (Wildman–Crippen MR) is 70.1 cm³/mol. The molecule has 0 saturated heterocycles. The molecule has 2 atom stereocenters. The molecule has 17 heavy (non-hydrogen) atoms. The minimum absolute atomic E-state index is 0.0518. The Labute approximate surface area is 107 Å². The topological polar surface area (TPSA) is 46.3 Å². The summed E-state index contributed by atoms with van der Waals surface area (Å²) in [5, 5.41) is 0.434. The van der Waals surface area contributed by atoms with Gasteiger partial charge in [-0.05, 0) is 30.4 Å². The van der Waals surface area contributed by atoms with Crippen molar-refractivity contribution in [3.05, 3.63) is 28.8 Å². The third kappa shape index (κ3) is 2.55. The Kier molecular flexibility index (Phi) is 3.29. The summed E-state index contributed by atoms with van der Waals surface area (Å²) < 4.78 is 0. The van der Waals surface area contributed by atoms with Crippen molar-refractivity contribution in [3.8, 4) is 0 Å². The summed E-state index contributed by atoms with van der Waals surface area (Å²) in [4.78, 5) is 13.9. The minimum atomic E-state index is -0.0518. The lowest BCUT2D eigenvalue weighted by Gasteiger charge is -2.18. The zero-order valence-corrected chi connectivity index (χ0v) is 10.9. The normalized spacial score (nSPS) is 22.3. The molecule has 0 aliphatic heterocycles. The number of halogens is 1. The number of hydrogen-bond donors (Lipinski definition) is 1. The predicted octanol–water partition coefficient (Wildman–Crippen LogP) is 2.65. The maximum Gasteiger partial charge on any atom is 0.255 e. The molecule has 1 aromatic carbocycles. The number of nitrogens with two attached hydrogens (primary N) is 1. The van der Waals surface area contributed by atoms with E-state index in [4.69, 9.17) is 17.3 Å². The molecule has 92 valence electrons. The number of amides is 1. The van der Waals surface area contributed by atoms with Crippen LogP contribution in [0.1, 0.15) is 23.7 Å². The summed E-state index contributed by atoms with van der Waals surface area (Å²) in [6.45, 7) is 3.00. The van der Waals surface area contributed by atoms with Crippen molar-refractivity contribution >= 4 is 23.2 Å². The Morgan fingerprint density at radius 3 is 2.82 bits per heavy atom. The zero-order valence-electron chi connectivity index (χ0n) is 10.1. The van der Waals surface area contributed by atoms with Crippen LogP contribution in [0.2, 0.25) is 5.02 Å². The first-order valence-corrected chi connectivity index (χ1v) is 6.18. The van der Waals surface area contributed by atoms with E-state index in [0.717, 1.165) is 12.5 Å². The fraction of sp³-hybridized carbons (Fsp3) is 0.462. The summed E-state index contributed by atoms with van der Waals surface area (Å²) in [6, 6.07) is 5.16. The molecule has 2 unspecified atom stereocenters. The van der Waals surface area contributed by atoms with Gasteiger partial charge in [0.25, 0.3) is 5.91 Å². The van der Waals surface area contributed by atoms with Crippen molar-refractivity contribution in [1.82, 2.24) is 4.90 Å². The second kappa shape index (κ2) is 4.57. The second-order valence-electron chi connectivity index (χ2n) is 4.86. The first-order chi connectivity index (χ1) is 8.00. The lowest BCUT2D eigenvalue weighted by atomic mass is 10.1. The Hall–Kier alpha value is -1.22. The highest BCUT2D eigenvalue weighted by Crippen LogP contribution is 2.38. The summed E-state index contributed by atoms with van der Waals surface area (Å²) in [6.07, 6.45) is 1.21. The fourth-order valence-corrected chi connectivity index (χ4v) is 2.19. The van der Waals surface area contributed by atoms with Gasteiger partial charge in [0, 0.05) is 13.6 Å². The van der Waals surface area contributed by atoms with Crippen molar-refractivity contribution in [2.45, 2.75) is 13.3 Å². The van der Waals surface area contributed by atoms with E-state index in [9.17, 15) is 4.79 Å². The summed E-state index contributed by atoms with van der Waals surface area (Å²) >= 11 is 5.91. The Bertz CT molecular complexity index is 447. The highest BCUT2D eigenvalue weighted by molar-refractivity contribution is 6.33. The van der Waals surface area contributed by atoms with Crippen molar-refractivity contribution in [3.63, 3.8) is 0 Å². The van der Waals surface area contributed by atoms with E-state index in [1.54, 1.807) is 23.1 Å². The molecule has 2 rings (SSSR count). The Morgan fingerprint density at radius 2 is 2.24 bits per heavy atom. The molecule has 2 N–H and O–H groups in total. The van der Waals surface area contributed by atoms with Gasteiger partial charge in [-0.15, -0.1) is 0 Å². The van der Waals surface area contributed by atoms with E-state index in [2.05, 4.69) is 6.92 Å². The number of carbonyl (C=O) groups is 1. The molecule has 1 aromatic rings. The Balaban J connectivity index is 2.10. The van der Waals surface area contributed by atoms with E-state index in [-0.39, 0.29) is 5.91 Å². The van der Waals surface area contributed by atoms with Crippen molar-refractivity contribution in [1.29, 1.82) is 0 Å². The smallest absolute Gasteiger partial charge is 0.255 e. The molecular formula is C13H17ClN2O. The number of rotatable bonds is 3. The number of carbonyl (C=O) groups excluding carboxylic acids is 1. The molecule has 3 nitrogen and oxygen atoms in total. The molecule has 4 heteroatoms. The number of para-hydroxylation sites is 1. The van der Waals surface area contributed by atoms with Gasteiger partial charge in [-0.2, -0.15) is 0 Å². The van der Waals surface area contributed by atoms with Crippen LogP contribution in [0.5, 0.6) is 0 Å². The van der Waals surface area contributed by atoms with Crippen LogP contribution < -0.4 is 5.73 Å². The van der Waals surface area contributed by atoms with Gasteiger partial charge >= 0.3 is 0 Å². The van der Waals surface area contributed by atoms with Gasteiger partial charge < -0.3 is 10.6 Å². The molecule has 1 fully saturated rings. The standard InChI is InChI=1S/C13H17ClN2O/c1-8-6-9(8)7-16(2)13(17)10-4-3-5-11(14)12(10)15/h3-5,8-9H,6-7,15H2,1-2H3. The highest BCUT2D eigenvalue weighted by atomic mass is 35.5. The van der Waals surface area contributed by atoms with Crippen LogP contribution in [-0.2, 0) is 0 Å².